The van der Waals surface area contributed by atoms with Gasteiger partial charge >= 0.3 is 0 Å². The highest BCUT2D eigenvalue weighted by Crippen LogP contribution is 2.32. The van der Waals surface area contributed by atoms with E-state index >= 15 is 0 Å². The molecule has 0 aliphatic carbocycles. The Hall–Kier alpha value is -3.92. The Morgan fingerprint density at radius 3 is 2.53 bits per heavy atom. The lowest BCUT2D eigenvalue weighted by Crippen LogP contribution is -2.31. The number of ether oxygens (including phenoxy) is 1. The van der Waals surface area contributed by atoms with Crippen LogP contribution in [0.25, 0.3) is 5.65 Å². The fraction of sp³-hybridized carbons (Fsp3) is 0.208. The Bertz CT molecular complexity index is 1430. The Balaban J connectivity index is 1.34. The van der Waals surface area contributed by atoms with Crippen LogP contribution in [0.15, 0.2) is 77.8 Å². The van der Waals surface area contributed by atoms with Gasteiger partial charge in [0.15, 0.2) is 11.5 Å². The first-order chi connectivity index (χ1) is 16.5. The van der Waals surface area contributed by atoms with Gasteiger partial charge in [-0.15, -0.1) is 10.2 Å². The molecule has 174 valence electrons. The summed E-state index contributed by atoms with van der Waals surface area (Å²) in [5.41, 5.74) is 1.57. The van der Waals surface area contributed by atoms with Crippen molar-refractivity contribution in [3.8, 4) is 5.75 Å². The van der Waals surface area contributed by atoms with Crippen molar-refractivity contribution in [3.63, 3.8) is 0 Å². The lowest BCUT2D eigenvalue weighted by atomic mass is 10.1. The van der Waals surface area contributed by atoms with Crippen molar-refractivity contribution < 1.29 is 17.9 Å². The minimum Gasteiger partial charge on any atom is -0.497 e. The van der Waals surface area contributed by atoms with E-state index in [4.69, 9.17) is 4.74 Å². The van der Waals surface area contributed by atoms with Crippen molar-refractivity contribution in [2.45, 2.75) is 23.8 Å². The zero-order chi connectivity index (χ0) is 23.7. The lowest BCUT2D eigenvalue weighted by molar-refractivity contribution is 0.0729. The van der Waals surface area contributed by atoms with Crippen LogP contribution in [0.5, 0.6) is 5.75 Å². The third kappa shape index (κ3) is 4.08. The van der Waals surface area contributed by atoms with Gasteiger partial charge in [-0.25, -0.2) is 8.42 Å². The van der Waals surface area contributed by atoms with Crippen LogP contribution in [0.1, 0.15) is 35.1 Å². The standard InChI is InChI=1S/C24H23N5O4S/c1-33-19-11-9-18(10-12-19)27-34(31,32)20-13-7-17(8-14-20)24(30)28-16-4-5-21(28)23-26-25-22-6-2-3-15-29(22)23/h2-3,6-15,21,27H,4-5,16H2,1H3. The monoisotopic (exact) mass is 477 g/mol. The first-order valence-electron chi connectivity index (χ1n) is 10.8. The van der Waals surface area contributed by atoms with Crippen LogP contribution in [0.3, 0.4) is 0 Å². The van der Waals surface area contributed by atoms with Crippen molar-refractivity contribution >= 4 is 27.3 Å². The number of benzene rings is 2. The van der Waals surface area contributed by atoms with Gasteiger partial charge in [0.2, 0.25) is 0 Å². The minimum absolute atomic E-state index is 0.0706. The molecule has 1 amide bonds. The van der Waals surface area contributed by atoms with Crippen LogP contribution in [0, 0.1) is 0 Å². The average molecular weight is 478 g/mol. The Labute approximate surface area is 197 Å². The van der Waals surface area contributed by atoms with Crippen LogP contribution in [0.2, 0.25) is 0 Å². The molecule has 10 heteroatoms. The molecule has 9 nitrogen and oxygen atoms in total. The van der Waals surface area contributed by atoms with E-state index in [1.54, 1.807) is 48.4 Å². The number of sulfonamides is 1. The van der Waals surface area contributed by atoms with E-state index in [1.165, 1.54) is 12.1 Å². The molecule has 1 fully saturated rings. The topological polar surface area (TPSA) is 106 Å². The zero-order valence-corrected chi connectivity index (χ0v) is 19.3. The second kappa shape index (κ2) is 8.79. The first-order valence-corrected chi connectivity index (χ1v) is 12.3. The third-order valence-electron chi connectivity index (χ3n) is 5.91. The number of carbonyl (C=O) groups is 1. The molecule has 1 unspecified atom stereocenters. The molecular formula is C24H23N5O4S. The summed E-state index contributed by atoms with van der Waals surface area (Å²) in [5, 5.41) is 8.53. The van der Waals surface area contributed by atoms with Crippen molar-refractivity contribution in [1.82, 2.24) is 19.5 Å². The molecule has 34 heavy (non-hydrogen) atoms. The number of carbonyl (C=O) groups excluding carboxylic acids is 1. The molecule has 1 aliphatic rings. The third-order valence-corrected chi connectivity index (χ3v) is 7.30. The van der Waals surface area contributed by atoms with Gasteiger partial charge in [-0.1, -0.05) is 6.07 Å². The maximum Gasteiger partial charge on any atom is 0.261 e. The van der Waals surface area contributed by atoms with Gasteiger partial charge in [0.05, 0.1) is 18.0 Å². The second-order valence-corrected chi connectivity index (χ2v) is 9.68. The second-order valence-electron chi connectivity index (χ2n) is 8.00. The number of hydrogen-bond acceptors (Lipinski definition) is 6. The highest BCUT2D eigenvalue weighted by atomic mass is 32.2. The molecule has 1 N–H and O–H groups in total. The van der Waals surface area contributed by atoms with Crippen LogP contribution < -0.4 is 9.46 Å². The minimum atomic E-state index is -3.80. The molecular weight excluding hydrogens is 454 g/mol. The predicted molar refractivity (Wildman–Crippen MR) is 126 cm³/mol. The van der Waals surface area contributed by atoms with Gasteiger partial charge in [-0.2, -0.15) is 0 Å². The maximum absolute atomic E-state index is 13.3. The Morgan fingerprint density at radius 2 is 1.79 bits per heavy atom. The Kier molecular flexibility index (Phi) is 5.66. The van der Waals surface area contributed by atoms with Crippen LogP contribution in [-0.2, 0) is 10.0 Å². The quantitative estimate of drug-likeness (QED) is 0.456. The van der Waals surface area contributed by atoms with Crippen LogP contribution in [-0.4, -0.2) is 47.5 Å². The summed E-state index contributed by atoms with van der Waals surface area (Å²) in [7, 11) is -2.26. The number of nitrogens with zero attached hydrogens (tertiary/aromatic N) is 4. The molecule has 0 bridgehead atoms. The summed E-state index contributed by atoms with van der Waals surface area (Å²) in [5.74, 6) is 1.19. The van der Waals surface area contributed by atoms with Gasteiger partial charge in [0.25, 0.3) is 15.9 Å². The number of aromatic nitrogens is 3. The van der Waals surface area contributed by atoms with E-state index in [-0.39, 0.29) is 16.8 Å². The number of fused-ring (bicyclic) bond motifs is 1. The maximum atomic E-state index is 13.3. The fourth-order valence-corrected chi connectivity index (χ4v) is 5.24. The molecule has 2 aromatic carbocycles. The van der Waals surface area contributed by atoms with E-state index in [9.17, 15) is 13.2 Å². The van der Waals surface area contributed by atoms with Gasteiger partial charge in [-0.3, -0.25) is 13.9 Å². The number of likely N-dealkylation sites (tertiary alicyclic amines) is 1. The fourth-order valence-electron chi connectivity index (χ4n) is 4.18. The molecule has 1 saturated heterocycles. The lowest BCUT2D eigenvalue weighted by Gasteiger charge is -2.23. The molecule has 1 aliphatic heterocycles. The smallest absolute Gasteiger partial charge is 0.261 e. The SMILES string of the molecule is COc1ccc(NS(=O)(=O)c2ccc(C(=O)N3CCCC3c3nnc4ccccn34)cc2)cc1. The number of nitrogens with one attached hydrogen (secondary N) is 1. The first kappa shape index (κ1) is 21.9. The summed E-state index contributed by atoms with van der Waals surface area (Å²) >= 11 is 0. The normalized spacial score (nSPS) is 16.0. The van der Waals surface area contributed by atoms with Gasteiger partial charge in [0, 0.05) is 24.0 Å². The van der Waals surface area contributed by atoms with Gasteiger partial charge in [0.1, 0.15) is 5.75 Å². The summed E-state index contributed by atoms with van der Waals surface area (Å²) in [6, 6.07) is 18.0. The van der Waals surface area contributed by atoms with Crippen molar-refractivity contribution in [2.75, 3.05) is 18.4 Å². The predicted octanol–water partition coefficient (Wildman–Crippen LogP) is 3.52. The molecule has 0 saturated carbocycles. The van der Waals surface area contributed by atoms with Crippen molar-refractivity contribution in [1.29, 1.82) is 0 Å². The molecule has 5 rings (SSSR count). The van der Waals surface area contributed by atoms with Gasteiger partial charge < -0.3 is 9.64 Å². The number of methoxy groups -OCH3 is 1. The molecule has 0 spiro atoms. The summed E-state index contributed by atoms with van der Waals surface area (Å²) in [6.45, 7) is 0.602. The van der Waals surface area contributed by atoms with E-state index in [2.05, 4.69) is 14.9 Å². The Morgan fingerprint density at radius 1 is 1.03 bits per heavy atom. The van der Waals surface area contributed by atoms with E-state index in [1.807, 2.05) is 28.8 Å². The molecule has 1 atom stereocenters. The number of rotatable bonds is 6. The van der Waals surface area contributed by atoms with Crippen molar-refractivity contribution in [3.05, 3.63) is 84.3 Å². The average Bonchev–Trinajstić information content (AvgIpc) is 3.51. The zero-order valence-electron chi connectivity index (χ0n) is 18.5. The number of anilines is 1. The van der Waals surface area contributed by atoms with Crippen molar-refractivity contribution in [2.24, 2.45) is 0 Å². The van der Waals surface area contributed by atoms with Crippen LogP contribution in [0.4, 0.5) is 5.69 Å². The molecule has 0 radical (unpaired) electrons. The van der Waals surface area contributed by atoms with E-state index in [0.29, 0.717) is 23.5 Å². The number of pyridine rings is 1. The van der Waals surface area contributed by atoms with E-state index < -0.39 is 10.0 Å². The molecule has 3 heterocycles. The largest absolute Gasteiger partial charge is 0.497 e. The number of hydrogen-bond donors (Lipinski definition) is 1. The molecule has 2 aromatic heterocycles. The highest BCUT2D eigenvalue weighted by molar-refractivity contribution is 7.92. The summed E-state index contributed by atoms with van der Waals surface area (Å²) in [4.78, 5) is 15.1. The van der Waals surface area contributed by atoms with Crippen LogP contribution >= 0.6 is 0 Å². The van der Waals surface area contributed by atoms with E-state index in [0.717, 1.165) is 24.3 Å². The molecule has 4 aromatic rings. The summed E-state index contributed by atoms with van der Waals surface area (Å²) < 4.78 is 35.1. The number of amides is 1. The van der Waals surface area contributed by atoms with Gasteiger partial charge in [-0.05, 0) is 73.5 Å². The summed E-state index contributed by atoms with van der Waals surface area (Å²) in [6.07, 6.45) is 3.54. The highest BCUT2D eigenvalue weighted by Gasteiger charge is 2.33.